The largest absolute Gasteiger partial charge is 0.494 e. The molecule has 0 aliphatic rings. The summed E-state index contributed by atoms with van der Waals surface area (Å²) in [4.78, 5) is 8.10. The van der Waals surface area contributed by atoms with Gasteiger partial charge in [-0.2, -0.15) is 4.98 Å². The van der Waals surface area contributed by atoms with Crippen molar-refractivity contribution in [2.75, 3.05) is 20.0 Å². The van der Waals surface area contributed by atoms with Gasteiger partial charge in [-0.25, -0.2) is 4.98 Å². The van der Waals surface area contributed by atoms with Crippen LogP contribution in [-0.2, 0) is 0 Å². The number of fused-ring (bicyclic) bond motifs is 1. The van der Waals surface area contributed by atoms with Crippen LogP contribution in [0.4, 0.5) is 5.95 Å². The van der Waals surface area contributed by atoms with Crippen LogP contribution < -0.4 is 15.2 Å². The van der Waals surface area contributed by atoms with Crippen molar-refractivity contribution in [2.45, 2.75) is 0 Å². The Bertz CT molecular complexity index is 499. The summed E-state index contributed by atoms with van der Waals surface area (Å²) in [7, 11) is 3.13. The molecule has 0 unspecified atom stereocenters. The maximum absolute atomic E-state index is 5.57. The van der Waals surface area contributed by atoms with Gasteiger partial charge in [-0.05, 0) is 12.1 Å². The van der Waals surface area contributed by atoms with Crippen molar-refractivity contribution in [3.63, 3.8) is 0 Å². The third-order valence-electron chi connectivity index (χ3n) is 2.09. The fourth-order valence-corrected chi connectivity index (χ4v) is 1.43. The van der Waals surface area contributed by atoms with Crippen molar-refractivity contribution < 1.29 is 9.47 Å². The van der Waals surface area contributed by atoms with Gasteiger partial charge >= 0.3 is 0 Å². The molecule has 0 saturated heterocycles. The van der Waals surface area contributed by atoms with E-state index in [1.165, 1.54) is 0 Å². The summed E-state index contributed by atoms with van der Waals surface area (Å²) in [6.07, 6.45) is 0. The first-order chi connectivity index (χ1) is 7.26. The maximum atomic E-state index is 5.57. The number of methoxy groups -OCH3 is 2. The van der Waals surface area contributed by atoms with E-state index in [4.69, 9.17) is 15.2 Å². The summed E-state index contributed by atoms with van der Waals surface area (Å²) in [5, 5.41) is 0.783. The van der Waals surface area contributed by atoms with Gasteiger partial charge in [-0.1, -0.05) is 6.07 Å². The van der Waals surface area contributed by atoms with Crippen molar-refractivity contribution >= 4 is 16.9 Å². The number of rotatable bonds is 2. The van der Waals surface area contributed by atoms with Crippen LogP contribution in [0.2, 0.25) is 0 Å². The molecule has 5 nitrogen and oxygen atoms in total. The number of hydrogen-bond donors (Lipinski definition) is 1. The minimum atomic E-state index is 0.170. The van der Waals surface area contributed by atoms with Crippen molar-refractivity contribution in [3.8, 4) is 11.6 Å². The molecule has 15 heavy (non-hydrogen) atoms. The molecule has 0 aliphatic heterocycles. The number of nitrogens with zero attached hydrogens (tertiary/aromatic N) is 2. The highest BCUT2D eigenvalue weighted by Crippen LogP contribution is 2.29. The normalized spacial score (nSPS) is 10.3. The number of hydrogen-bond acceptors (Lipinski definition) is 5. The second-order valence-corrected chi connectivity index (χ2v) is 2.95. The van der Waals surface area contributed by atoms with Gasteiger partial charge in [0.1, 0.15) is 11.3 Å². The molecule has 1 heterocycles. The predicted molar refractivity (Wildman–Crippen MR) is 57.1 cm³/mol. The Hall–Kier alpha value is -2.04. The van der Waals surface area contributed by atoms with Crippen LogP contribution in [0, 0.1) is 0 Å². The number of ether oxygens (including phenoxy) is 2. The molecule has 0 fully saturated rings. The van der Waals surface area contributed by atoms with Gasteiger partial charge in [0, 0.05) is 0 Å². The molecule has 0 spiro atoms. The number of anilines is 1. The molecular formula is C10H11N3O2. The van der Waals surface area contributed by atoms with E-state index in [0.717, 1.165) is 5.39 Å². The molecule has 0 bridgehead atoms. The molecule has 78 valence electrons. The van der Waals surface area contributed by atoms with Gasteiger partial charge in [-0.3, -0.25) is 0 Å². The lowest BCUT2D eigenvalue weighted by molar-refractivity contribution is 0.401. The number of aromatic nitrogens is 2. The lowest BCUT2D eigenvalue weighted by Crippen LogP contribution is -1.99. The Labute approximate surface area is 86.8 Å². The van der Waals surface area contributed by atoms with Gasteiger partial charge < -0.3 is 15.2 Å². The summed E-state index contributed by atoms with van der Waals surface area (Å²) in [6.45, 7) is 0. The number of benzene rings is 1. The van der Waals surface area contributed by atoms with Crippen LogP contribution in [0.1, 0.15) is 0 Å². The van der Waals surface area contributed by atoms with E-state index in [9.17, 15) is 0 Å². The number of nitrogens with two attached hydrogens (primary N) is 1. The SMILES string of the molecule is COc1nc(N)nc2c(OC)cccc12. The van der Waals surface area contributed by atoms with E-state index in [1.54, 1.807) is 14.2 Å². The quantitative estimate of drug-likeness (QED) is 0.798. The van der Waals surface area contributed by atoms with Crippen molar-refractivity contribution in [1.29, 1.82) is 0 Å². The topological polar surface area (TPSA) is 70.3 Å². The van der Waals surface area contributed by atoms with Gasteiger partial charge in [0.15, 0.2) is 0 Å². The van der Waals surface area contributed by atoms with Crippen molar-refractivity contribution in [1.82, 2.24) is 9.97 Å². The molecule has 1 aromatic heterocycles. The van der Waals surface area contributed by atoms with E-state index >= 15 is 0 Å². The van der Waals surface area contributed by atoms with Gasteiger partial charge in [0.05, 0.1) is 19.6 Å². The molecule has 2 aromatic rings. The first-order valence-corrected chi connectivity index (χ1v) is 4.40. The summed E-state index contributed by atoms with van der Waals surface area (Å²) in [5.41, 5.74) is 6.22. The zero-order valence-corrected chi connectivity index (χ0v) is 8.52. The molecule has 2 N–H and O–H groups in total. The zero-order chi connectivity index (χ0) is 10.8. The average molecular weight is 205 g/mol. The molecule has 5 heteroatoms. The first-order valence-electron chi connectivity index (χ1n) is 4.40. The Balaban J connectivity index is 2.82. The number of nitrogen functional groups attached to an aromatic ring is 1. The van der Waals surface area contributed by atoms with Gasteiger partial charge in [0.25, 0.3) is 0 Å². The van der Waals surface area contributed by atoms with E-state index < -0.39 is 0 Å². The van der Waals surface area contributed by atoms with Crippen LogP contribution in [0.15, 0.2) is 18.2 Å². The van der Waals surface area contributed by atoms with Crippen LogP contribution in [0.25, 0.3) is 10.9 Å². The molecule has 1 aromatic carbocycles. The molecule has 2 rings (SSSR count). The fraction of sp³-hybridized carbons (Fsp3) is 0.200. The highest BCUT2D eigenvalue weighted by Gasteiger charge is 2.09. The highest BCUT2D eigenvalue weighted by atomic mass is 16.5. The van der Waals surface area contributed by atoms with Crippen LogP contribution >= 0.6 is 0 Å². The molecular weight excluding hydrogens is 194 g/mol. The van der Waals surface area contributed by atoms with E-state index in [2.05, 4.69) is 9.97 Å². The Kier molecular flexibility index (Phi) is 2.29. The average Bonchev–Trinajstić information content (AvgIpc) is 2.27. The van der Waals surface area contributed by atoms with Crippen LogP contribution in [0.5, 0.6) is 11.6 Å². The van der Waals surface area contributed by atoms with E-state index in [-0.39, 0.29) is 5.95 Å². The Morgan fingerprint density at radius 2 is 1.93 bits per heavy atom. The zero-order valence-electron chi connectivity index (χ0n) is 8.52. The first kappa shape index (κ1) is 9.51. The van der Waals surface area contributed by atoms with Crippen LogP contribution in [-0.4, -0.2) is 24.2 Å². The third-order valence-corrected chi connectivity index (χ3v) is 2.09. The minimum absolute atomic E-state index is 0.170. The summed E-state index contributed by atoms with van der Waals surface area (Å²) >= 11 is 0. The van der Waals surface area contributed by atoms with Crippen molar-refractivity contribution in [3.05, 3.63) is 18.2 Å². The van der Waals surface area contributed by atoms with E-state index in [1.807, 2.05) is 18.2 Å². The second kappa shape index (κ2) is 3.61. The Morgan fingerprint density at radius 1 is 1.13 bits per heavy atom. The Morgan fingerprint density at radius 3 is 2.60 bits per heavy atom. The summed E-state index contributed by atoms with van der Waals surface area (Å²) in [5.74, 6) is 1.28. The predicted octanol–water partition coefficient (Wildman–Crippen LogP) is 1.23. The standard InChI is InChI=1S/C10H11N3O2/c1-14-7-5-3-4-6-8(7)12-10(11)13-9(6)15-2/h3-5H,1-2H3,(H2,11,12,13). The third kappa shape index (κ3) is 1.52. The summed E-state index contributed by atoms with van der Waals surface area (Å²) < 4.78 is 10.3. The number of para-hydroxylation sites is 1. The molecule has 0 atom stereocenters. The molecule has 0 radical (unpaired) electrons. The maximum Gasteiger partial charge on any atom is 0.226 e. The smallest absolute Gasteiger partial charge is 0.226 e. The summed E-state index contributed by atoms with van der Waals surface area (Å²) in [6, 6.07) is 5.52. The molecule has 0 saturated carbocycles. The highest BCUT2D eigenvalue weighted by molar-refractivity contribution is 5.89. The molecule has 0 aliphatic carbocycles. The van der Waals surface area contributed by atoms with Gasteiger partial charge in [-0.15, -0.1) is 0 Å². The minimum Gasteiger partial charge on any atom is -0.494 e. The fourth-order valence-electron chi connectivity index (χ4n) is 1.43. The van der Waals surface area contributed by atoms with Crippen LogP contribution in [0.3, 0.4) is 0 Å². The monoisotopic (exact) mass is 205 g/mol. The lowest BCUT2D eigenvalue weighted by Gasteiger charge is -2.07. The second-order valence-electron chi connectivity index (χ2n) is 2.95. The van der Waals surface area contributed by atoms with Crippen molar-refractivity contribution in [2.24, 2.45) is 0 Å². The lowest BCUT2D eigenvalue weighted by atomic mass is 10.2. The van der Waals surface area contributed by atoms with E-state index in [0.29, 0.717) is 17.1 Å². The van der Waals surface area contributed by atoms with Gasteiger partial charge in [0.2, 0.25) is 11.8 Å². The molecule has 0 amide bonds.